The molecule has 24 nitrogen and oxygen atoms in total. The molecule has 0 radical (unpaired) electrons. The highest BCUT2D eigenvalue weighted by Crippen LogP contribution is 2.39. The lowest BCUT2D eigenvalue weighted by atomic mass is 9.94. The van der Waals surface area contributed by atoms with Crippen LogP contribution in [0.5, 0.6) is 0 Å². The highest BCUT2D eigenvalue weighted by molar-refractivity contribution is 6.05. The molecule has 6 aliphatic rings. The van der Waals surface area contributed by atoms with Crippen molar-refractivity contribution >= 4 is 102 Å². The fourth-order valence-corrected chi connectivity index (χ4v) is 15.0. The summed E-state index contributed by atoms with van der Waals surface area (Å²) < 4.78 is 30.7. The number of fused-ring (bicyclic) bond motifs is 4. The molecule has 4 amide bonds. The van der Waals surface area contributed by atoms with Gasteiger partial charge in [0.2, 0.25) is 5.91 Å². The van der Waals surface area contributed by atoms with E-state index in [0.717, 1.165) is 142 Å². The SMILES string of the molecule is CC(C)(C)OC(=O)N1CCC[C@H]1c1nc2ccc(-c3ccc4cc(C5=CN=C([C@@H]6CCCN6)C5)ccc4c3)cc2[nH]1.COC(=O)C[C@H](C(=O)N1CCCC1C1=NC=C(c2ccc3cc(-c4ccc5nc([C@@H]6CCCN6C(=O)OC(C)(C)C)[nH]c5c4)ccc3c2)C1)[C@@H](C)OC.COC(=O)N[C@H](C(=O)O)[C@@H](C)OC. The maximum Gasteiger partial charge on any atom is 0.410 e. The van der Waals surface area contributed by atoms with Crippen molar-refractivity contribution in [2.45, 2.75) is 180 Å². The minimum atomic E-state index is -1.17. The third kappa shape index (κ3) is 17.9. The van der Waals surface area contributed by atoms with Gasteiger partial charge in [-0.1, -0.05) is 60.7 Å². The average molecular weight is 1460 g/mol. The van der Waals surface area contributed by atoms with E-state index in [1.807, 2.05) is 70.5 Å². The molecule has 4 fully saturated rings. The number of H-pyrrole nitrogens is 2. The Morgan fingerprint density at radius 1 is 0.533 bits per heavy atom. The maximum absolute atomic E-state index is 13.7. The van der Waals surface area contributed by atoms with Gasteiger partial charge in [0.15, 0.2) is 6.04 Å². The van der Waals surface area contributed by atoms with Crippen LogP contribution in [0.1, 0.15) is 161 Å². The van der Waals surface area contributed by atoms with Crippen LogP contribution in [-0.4, -0.2) is 183 Å². The number of rotatable bonds is 17. The summed E-state index contributed by atoms with van der Waals surface area (Å²) >= 11 is 0. The largest absolute Gasteiger partial charge is 0.480 e. The molecule has 0 bridgehead atoms. The molecule has 4 saturated heterocycles. The van der Waals surface area contributed by atoms with Gasteiger partial charge in [-0.2, -0.15) is 0 Å². The lowest BCUT2D eigenvalue weighted by Gasteiger charge is -2.31. The first-order valence-electron chi connectivity index (χ1n) is 37.1. The number of carbonyl (C=O) groups excluding carboxylic acids is 5. The molecule has 5 N–H and O–H groups in total. The summed E-state index contributed by atoms with van der Waals surface area (Å²) in [5.74, 6) is -0.676. The Morgan fingerprint density at radius 3 is 1.42 bits per heavy atom. The zero-order valence-corrected chi connectivity index (χ0v) is 63.2. The molecular formula is C83H99N11O13. The lowest BCUT2D eigenvalue weighted by Crippen LogP contribution is -2.48. The number of benzene rings is 6. The number of imidazole rings is 2. The Balaban J connectivity index is 0.000000175. The van der Waals surface area contributed by atoms with Gasteiger partial charge < -0.3 is 59.0 Å². The third-order valence-electron chi connectivity index (χ3n) is 20.8. The molecule has 0 aliphatic carbocycles. The van der Waals surface area contributed by atoms with E-state index in [9.17, 15) is 28.8 Å². The van der Waals surface area contributed by atoms with Crippen LogP contribution < -0.4 is 10.6 Å². The number of nitrogens with zero attached hydrogens (tertiary/aromatic N) is 7. The maximum atomic E-state index is 13.7. The number of carboxylic acid groups (broad SMARTS) is 1. The molecule has 6 aliphatic heterocycles. The number of methoxy groups -OCH3 is 4. The second kappa shape index (κ2) is 32.8. The molecule has 6 aromatic carbocycles. The lowest BCUT2D eigenvalue weighted by molar-refractivity contribution is -0.150. The predicted octanol–water partition coefficient (Wildman–Crippen LogP) is 15.1. The molecular weight excluding hydrogens is 1360 g/mol. The highest BCUT2D eigenvalue weighted by atomic mass is 16.6. The van der Waals surface area contributed by atoms with Crippen LogP contribution in [0.2, 0.25) is 0 Å². The number of aromatic nitrogens is 4. The van der Waals surface area contributed by atoms with Gasteiger partial charge >= 0.3 is 30.2 Å². The monoisotopic (exact) mass is 1460 g/mol. The van der Waals surface area contributed by atoms with Crippen LogP contribution in [0.15, 0.2) is 132 Å². The summed E-state index contributed by atoms with van der Waals surface area (Å²) in [6.07, 6.45) is 10.9. The van der Waals surface area contributed by atoms with Crippen molar-refractivity contribution in [3.63, 3.8) is 0 Å². The molecule has 2 aromatic heterocycles. The number of aliphatic carboxylic acids is 1. The van der Waals surface area contributed by atoms with Crippen molar-refractivity contribution in [2.24, 2.45) is 15.9 Å². The van der Waals surface area contributed by atoms with Crippen LogP contribution in [0, 0.1) is 5.92 Å². The molecule has 0 spiro atoms. The van der Waals surface area contributed by atoms with Crippen LogP contribution in [-0.2, 0) is 42.8 Å². The topological polar surface area (TPSA) is 294 Å². The zero-order valence-electron chi connectivity index (χ0n) is 63.2. The van der Waals surface area contributed by atoms with E-state index in [-0.39, 0.29) is 42.6 Å². The number of alkyl carbamates (subject to hydrolysis) is 1. The molecule has 107 heavy (non-hydrogen) atoms. The summed E-state index contributed by atoms with van der Waals surface area (Å²) in [6, 6.07) is 38.0. The number of carbonyl (C=O) groups is 6. The summed E-state index contributed by atoms with van der Waals surface area (Å²) in [5, 5.41) is 19.1. The molecule has 1 unspecified atom stereocenters. The van der Waals surface area contributed by atoms with E-state index < -0.39 is 53.4 Å². The number of amides is 4. The van der Waals surface area contributed by atoms with Gasteiger partial charge in [0.1, 0.15) is 22.9 Å². The first-order valence-corrected chi connectivity index (χ1v) is 37.1. The number of hydrogen-bond acceptors (Lipinski definition) is 17. The number of likely N-dealkylation sites (tertiary alicyclic amines) is 3. The first-order chi connectivity index (χ1) is 51.2. The molecule has 24 heteroatoms. The van der Waals surface area contributed by atoms with E-state index >= 15 is 0 Å². The van der Waals surface area contributed by atoms with Gasteiger partial charge in [-0.25, -0.2) is 29.1 Å². The Kier molecular flexibility index (Phi) is 23.4. The van der Waals surface area contributed by atoms with Crippen LogP contribution in [0.25, 0.3) is 77.0 Å². The Hall–Kier alpha value is -10.3. The highest BCUT2D eigenvalue weighted by Gasteiger charge is 2.41. The molecule has 8 heterocycles. The van der Waals surface area contributed by atoms with Crippen LogP contribution >= 0.6 is 0 Å². The number of hydrogen-bond donors (Lipinski definition) is 5. The number of nitrogens with one attached hydrogen (secondary N) is 4. The number of aliphatic imine (C=N–C) groups is 2. The summed E-state index contributed by atoms with van der Waals surface area (Å²) in [6.45, 7) is 17.8. The number of allylic oxidation sites excluding steroid dienone is 2. The molecule has 564 valence electrons. The Labute approximate surface area is 623 Å². The van der Waals surface area contributed by atoms with Gasteiger partial charge in [-0.05, 0) is 228 Å². The summed E-state index contributed by atoms with van der Waals surface area (Å²) in [5.41, 5.74) is 14.1. The number of aromatic amines is 2. The molecule has 14 rings (SSSR count). The van der Waals surface area contributed by atoms with Crippen LogP contribution in [0.3, 0.4) is 0 Å². The minimum Gasteiger partial charge on any atom is -0.480 e. The number of esters is 1. The van der Waals surface area contributed by atoms with E-state index in [0.29, 0.717) is 32.1 Å². The number of carboxylic acids is 1. The first kappa shape index (κ1) is 76.4. The van der Waals surface area contributed by atoms with Gasteiger partial charge in [0.25, 0.3) is 0 Å². The average Bonchev–Trinajstić information content (AvgIpc) is 1.71. The quantitative estimate of drug-likeness (QED) is 0.0418. The van der Waals surface area contributed by atoms with Gasteiger partial charge in [0, 0.05) is 76.6 Å². The van der Waals surface area contributed by atoms with E-state index in [1.165, 1.54) is 61.6 Å². The summed E-state index contributed by atoms with van der Waals surface area (Å²) in [4.78, 5) is 105. The smallest absolute Gasteiger partial charge is 0.410 e. The Bertz CT molecular complexity index is 4780. The van der Waals surface area contributed by atoms with Crippen molar-refractivity contribution < 1.29 is 62.3 Å². The second-order valence-corrected chi connectivity index (χ2v) is 30.4. The minimum absolute atomic E-state index is 0.0162. The normalized spacial score (nSPS) is 19.8. The van der Waals surface area contributed by atoms with Gasteiger partial charge in [-0.3, -0.25) is 29.4 Å². The fraction of sp³-hybridized carbons (Fsp3) is 0.446. The fourth-order valence-electron chi connectivity index (χ4n) is 15.0. The van der Waals surface area contributed by atoms with Crippen molar-refractivity contribution in [3.8, 4) is 22.3 Å². The van der Waals surface area contributed by atoms with E-state index in [1.54, 1.807) is 12.0 Å². The van der Waals surface area contributed by atoms with E-state index in [2.05, 4.69) is 135 Å². The number of ether oxygens (including phenoxy) is 6. The van der Waals surface area contributed by atoms with Crippen molar-refractivity contribution in [1.29, 1.82) is 0 Å². The third-order valence-corrected chi connectivity index (χ3v) is 20.8. The molecule has 8 atom stereocenters. The van der Waals surface area contributed by atoms with Crippen molar-refractivity contribution in [3.05, 3.63) is 144 Å². The van der Waals surface area contributed by atoms with Gasteiger partial charge in [-0.15, -0.1) is 0 Å². The van der Waals surface area contributed by atoms with Crippen molar-refractivity contribution in [2.75, 3.05) is 54.6 Å². The van der Waals surface area contributed by atoms with Crippen molar-refractivity contribution in [1.82, 2.24) is 45.3 Å². The predicted molar refractivity (Wildman–Crippen MR) is 414 cm³/mol. The second-order valence-electron chi connectivity index (χ2n) is 30.4. The standard InChI is InChI=1S/C42H49N5O6.C34H37N5O2.C7H13NO5/c1-25(51-5)32(23-38(48)52-6)40(49)46-17-7-9-36(46)35-22-31(24-43-35)29-14-13-26-19-28(12-11-27(26)20-29)30-15-16-33-34(21-30)45-39(44-33)37-10-8-18-47(37)41(50)53-42(2,3)4;1-34(2,3)41-33(40)39-15-5-7-31(39)32-37-28-13-12-25(18-30(28)38-32)23-9-8-22-17-24(11-10-21(22)16-23)26-19-29(36-20-26)27-6-4-14-35-27;1-4(12-2)5(6(9)10)8-7(11)13-3/h11-16,19-21,24-25,32,36-37H,7-10,17-18,22-23H2,1-6H3,(H,44,45);8-13,16-18,20,27,31,35H,4-7,14-15,19H2,1-3H3,(H,37,38);4-5H,1-3H3,(H,8,11)(H,9,10)/t25-,32+,36?,37+;27-,31-;4-,5+/m101/s1. The van der Waals surface area contributed by atoms with E-state index in [4.69, 9.17) is 48.7 Å². The summed E-state index contributed by atoms with van der Waals surface area (Å²) in [7, 11) is 5.41. The zero-order chi connectivity index (χ0) is 76.0. The molecule has 8 aromatic rings. The van der Waals surface area contributed by atoms with Crippen LogP contribution in [0.4, 0.5) is 14.4 Å². The molecule has 0 saturated carbocycles. The Morgan fingerprint density at radius 2 is 0.972 bits per heavy atom. The van der Waals surface area contributed by atoms with Gasteiger partial charge in [0.05, 0.1) is 79.0 Å².